The summed E-state index contributed by atoms with van der Waals surface area (Å²) in [6.07, 6.45) is 5.15. The minimum Gasteiger partial charge on any atom is -0.383 e. The van der Waals surface area contributed by atoms with Gasteiger partial charge in [0.15, 0.2) is 0 Å². The molecule has 4 heteroatoms. The first kappa shape index (κ1) is 13.3. The van der Waals surface area contributed by atoms with Gasteiger partial charge in [-0.15, -0.1) is 0 Å². The topological polar surface area (TPSA) is 24.9 Å². The van der Waals surface area contributed by atoms with Crippen LogP contribution >= 0.6 is 0 Å². The second kappa shape index (κ2) is 5.65. The molecule has 2 atom stereocenters. The van der Waals surface area contributed by atoms with Crippen molar-refractivity contribution in [3.05, 3.63) is 0 Å². The average Bonchev–Trinajstić information content (AvgIpc) is 2.79. The number of hydrogen-bond acceptors (Lipinski definition) is 4. The molecule has 0 amide bonds. The highest BCUT2D eigenvalue weighted by atomic mass is 16.5. The molecular formula is C13H26N2O2. The van der Waals surface area contributed by atoms with Crippen molar-refractivity contribution in [2.75, 3.05) is 47.7 Å². The SMILES string of the molecule is COC[C@]12CCCN1[C@@H](COCN(C)C)CC2. The molecule has 0 bridgehead atoms. The molecule has 0 spiro atoms. The number of ether oxygens (including phenoxy) is 2. The predicted molar refractivity (Wildman–Crippen MR) is 68.1 cm³/mol. The van der Waals surface area contributed by atoms with E-state index in [1.165, 1.54) is 32.2 Å². The van der Waals surface area contributed by atoms with Crippen molar-refractivity contribution in [3.63, 3.8) is 0 Å². The summed E-state index contributed by atoms with van der Waals surface area (Å²) in [6.45, 7) is 3.70. The zero-order valence-electron chi connectivity index (χ0n) is 11.4. The predicted octanol–water partition coefficient (Wildman–Crippen LogP) is 1.17. The van der Waals surface area contributed by atoms with E-state index in [9.17, 15) is 0 Å². The standard InChI is InChI=1S/C13H26N2O2/c1-14(2)11-17-9-12-5-7-13(10-16-3)6-4-8-15(12)13/h12H,4-11H2,1-3H3/t12-,13-/m1/s1. The molecule has 2 fully saturated rings. The van der Waals surface area contributed by atoms with E-state index in [-0.39, 0.29) is 0 Å². The van der Waals surface area contributed by atoms with Crippen molar-refractivity contribution in [2.45, 2.75) is 37.3 Å². The molecule has 0 N–H and O–H groups in total. The fraction of sp³-hybridized carbons (Fsp3) is 1.00. The Hall–Kier alpha value is -0.160. The Morgan fingerprint density at radius 2 is 2.18 bits per heavy atom. The summed E-state index contributed by atoms with van der Waals surface area (Å²) in [5.41, 5.74) is 0.334. The van der Waals surface area contributed by atoms with Crippen LogP contribution in [0, 0.1) is 0 Å². The first-order valence-electron chi connectivity index (χ1n) is 6.66. The number of fused-ring (bicyclic) bond motifs is 1. The van der Waals surface area contributed by atoms with Crippen molar-refractivity contribution in [2.24, 2.45) is 0 Å². The molecule has 2 heterocycles. The van der Waals surface area contributed by atoms with Crippen LogP contribution < -0.4 is 0 Å². The average molecular weight is 242 g/mol. The van der Waals surface area contributed by atoms with Crippen LogP contribution in [0.1, 0.15) is 25.7 Å². The van der Waals surface area contributed by atoms with E-state index in [4.69, 9.17) is 9.47 Å². The fourth-order valence-corrected chi connectivity index (χ4v) is 3.43. The van der Waals surface area contributed by atoms with Gasteiger partial charge in [0, 0.05) is 18.7 Å². The third-order valence-corrected chi connectivity index (χ3v) is 4.11. The van der Waals surface area contributed by atoms with Gasteiger partial charge in [-0.05, 0) is 46.3 Å². The summed E-state index contributed by atoms with van der Waals surface area (Å²) in [4.78, 5) is 4.72. The molecular weight excluding hydrogens is 216 g/mol. The van der Waals surface area contributed by atoms with Gasteiger partial charge in [-0.3, -0.25) is 9.80 Å². The smallest absolute Gasteiger partial charge is 0.0986 e. The number of hydrogen-bond donors (Lipinski definition) is 0. The number of methoxy groups -OCH3 is 1. The number of nitrogens with zero attached hydrogens (tertiary/aromatic N) is 2. The van der Waals surface area contributed by atoms with Crippen LogP contribution in [-0.4, -0.2) is 69.1 Å². The lowest BCUT2D eigenvalue weighted by atomic mass is 9.95. The normalized spacial score (nSPS) is 33.5. The molecule has 0 aromatic heterocycles. The number of rotatable bonds is 6. The van der Waals surface area contributed by atoms with Gasteiger partial charge in [-0.2, -0.15) is 0 Å². The van der Waals surface area contributed by atoms with E-state index in [2.05, 4.69) is 9.80 Å². The minimum absolute atomic E-state index is 0.334. The van der Waals surface area contributed by atoms with Gasteiger partial charge in [0.2, 0.25) is 0 Å². The zero-order valence-corrected chi connectivity index (χ0v) is 11.4. The summed E-state index contributed by atoms with van der Waals surface area (Å²) < 4.78 is 11.2. The zero-order chi connectivity index (χ0) is 12.3. The van der Waals surface area contributed by atoms with Gasteiger partial charge in [0.1, 0.15) is 0 Å². The van der Waals surface area contributed by atoms with Crippen LogP contribution in [-0.2, 0) is 9.47 Å². The Bertz CT molecular complexity index is 248. The maximum atomic E-state index is 5.75. The molecule has 0 saturated carbocycles. The van der Waals surface area contributed by atoms with Gasteiger partial charge in [0.25, 0.3) is 0 Å². The quantitative estimate of drug-likeness (QED) is 0.653. The van der Waals surface area contributed by atoms with E-state index in [1.807, 2.05) is 21.2 Å². The maximum absolute atomic E-state index is 5.75. The molecule has 100 valence electrons. The Kier molecular flexibility index (Phi) is 4.42. The summed E-state index contributed by atoms with van der Waals surface area (Å²) in [5, 5.41) is 0. The summed E-state index contributed by atoms with van der Waals surface area (Å²) in [5.74, 6) is 0. The second-order valence-corrected chi connectivity index (χ2v) is 5.73. The van der Waals surface area contributed by atoms with Crippen molar-refractivity contribution in [1.82, 2.24) is 9.80 Å². The molecule has 0 unspecified atom stereocenters. The Morgan fingerprint density at radius 3 is 2.88 bits per heavy atom. The van der Waals surface area contributed by atoms with Crippen molar-refractivity contribution < 1.29 is 9.47 Å². The lowest BCUT2D eigenvalue weighted by Gasteiger charge is -2.34. The highest BCUT2D eigenvalue weighted by molar-refractivity contribution is 5.04. The molecule has 2 saturated heterocycles. The lowest BCUT2D eigenvalue weighted by molar-refractivity contribution is -0.00224. The van der Waals surface area contributed by atoms with Gasteiger partial charge in [-0.25, -0.2) is 0 Å². The second-order valence-electron chi connectivity index (χ2n) is 5.73. The molecule has 0 aromatic carbocycles. The van der Waals surface area contributed by atoms with Crippen LogP contribution in [0.15, 0.2) is 0 Å². The summed E-state index contributed by atoms with van der Waals surface area (Å²) >= 11 is 0. The van der Waals surface area contributed by atoms with E-state index < -0.39 is 0 Å². The highest BCUT2D eigenvalue weighted by Gasteiger charge is 2.48. The Morgan fingerprint density at radius 1 is 1.35 bits per heavy atom. The molecule has 0 aromatic rings. The van der Waals surface area contributed by atoms with Gasteiger partial charge in [0.05, 0.1) is 19.9 Å². The van der Waals surface area contributed by atoms with Crippen LogP contribution in [0.5, 0.6) is 0 Å². The van der Waals surface area contributed by atoms with Gasteiger partial charge >= 0.3 is 0 Å². The van der Waals surface area contributed by atoms with Gasteiger partial charge < -0.3 is 9.47 Å². The third-order valence-electron chi connectivity index (χ3n) is 4.11. The minimum atomic E-state index is 0.334. The molecule has 2 rings (SSSR count). The molecule has 2 aliphatic rings. The van der Waals surface area contributed by atoms with E-state index in [0.717, 1.165) is 19.9 Å². The molecule has 17 heavy (non-hydrogen) atoms. The Labute approximate surface area is 105 Å². The first-order chi connectivity index (χ1) is 8.18. The van der Waals surface area contributed by atoms with Gasteiger partial charge in [-0.1, -0.05) is 0 Å². The summed E-state index contributed by atoms with van der Waals surface area (Å²) in [6, 6.07) is 0.604. The van der Waals surface area contributed by atoms with E-state index in [1.54, 1.807) is 0 Å². The van der Waals surface area contributed by atoms with Crippen LogP contribution in [0.3, 0.4) is 0 Å². The van der Waals surface area contributed by atoms with Crippen molar-refractivity contribution in [1.29, 1.82) is 0 Å². The largest absolute Gasteiger partial charge is 0.383 e. The van der Waals surface area contributed by atoms with E-state index in [0.29, 0.717) is 11.6 Å². The maximum Gasteiger partial charge on any atom is 0.0986 e. The lowest BCUT2D eigenvalue weighted by Crippen LogP contribution is -2.47. The fourth-order valence-electron chi connectivity index (χ4n) is 3.43. The van der Waals surface area contributed by atoms with Crippen LogP contribution in [0.4, 0.5) is 0 Å². The van der Waals surface area contributed by atoms with Crippen molar-refractivity contribution >= 4 is 0 Å². The Balaban J connectivity index is 1.85. The molecule has 0 aliphatic carbocycles. The summed E-state index contributed by atoms with van der Waals surface area (Å²) in [7, 11) is 5.90. The molecule has 2 aliphatic heterocycles. The van der Waals surface area contributed by atoms with Crippen molar-refractivity contribution in [3.8, 4) is 0 Å². The third kappa shape index (κ3) is 2.81. The first-order valence-corrected chi connectivity index (χ1v) is 6.66. The molecule has 4 nitrogen and oxygen atoms in total. The molecule has 0 radical (unpaired) electrons. The van der Waals surface area contributed by atoms with E-state index >= 15 is 0 Å². The monoisotopic (exact) mass is 242 g/mol. The van der Waals surface area contributed by atoms with Crippen LogP contribution in [0.2, 0.25) is 0 Å². The highest BCUT2D eigenvalue weighted by Crippen LogP contribution is 2.42. The van der Waals surface area contributed by atoms with Crippen LogP contribution in [0.25, 0.3) is 0 Å².